The molecule has 2 fully saturated rings. The first kappa shape index (κ1) is 54.2. The van der Waals surface area contributed by atoms with E-state index < -0.39 is 79.6 Å². The summed E-state index contributed by atoms with van der Waals surface area (Å²) in [6.07, 6.45) is -2.15. The van der Waals surface area contributed by atoms with E-state index in [9.17, 15) is 4.79 Å². The van der Waals surface area contributed by atoms with Gasteiger partial charge < -0.3 is 51.2 Å². The van der Waals surface area contributed by atoms with Gasteiger partial charge in [-0.25, -0.2) is 4.79 Å². The number of allylic oxidation sites excluding steroid dienone is 2. The number of carbonyl (C=O) groups excluding carboxylic acids is 1. The summed E-state index contributed by atoms with van der Waals surface area (Å²) < 4.78 is 73.4. The maximum absolute atomic E-state index is 13.4. The van der Waals surface area contributed by atoms with Crippen LogP contribution < -0.4 is 0 Å². The second kappa shape index (κ2) is 22.6. The minimum atomic E-state index is -2.50. The van der Waals surface area contributed by atoms with Gasteiger partial charge in [-0.15, -0.1) is 0 Å². The molecule has 2 saturated heterocycles. The molecule has 10 atom stereocenters. The molecule has 2 rings (SSSR count). The first-order valence-corrected chi connectivity index (χ1v) is 30.8. The molecule has 0 spiro atoms. The van der Waals surface area contributed by atoms with Crippen molar-refractivity contribution < 1.29 is 56.0 Å². The molecule has 0 aliphatic carbocycles. The molecule has 0 amide bonds. The van der Waals surface area contributed by atoms with E-state index >= 15 is 0 Å². The van der Waals surface area contributed by atoms with Crippen molar-refractivity contribution in [1.29, 1.82) is 0 Å². The lowest BCUT2D eigenvalue weighted by Crippen LogP contribution is -2.73. The average molecular weight is 991 g/mol. The molecule has 16 heteroatoms. The van der Waals surface area contributed by atoms with Crippen LogP contribution >= 0.6 is 22.6 Å². The molecule has 0 N–H and O–H groups in total. The molecule has 0 aromatic rings. The minimum absolute atomic E-state index is 0.0320. The van der Waals surface area contributed by atoms with Crippen LogP contribution in [0.4, 0.5) is 4.79 Å². The lowest BCUT2D eigenvalue weighted by Gasteiger charge is -2.55. The number of carbonyl (C=O) groups is 1. The standard InChI is InChI=1S/C42H83IO12Si3/c1-20-58(21-2,22-3)53-30(28-45-11)26-33-35(47-13)36(55-57(18,19)41(8,9)10)38(48-14)42(49-15,52-33)37-34(50-39(44)51-37)27-32(46-12)31(25-23-24-29(4)43)54-56(16,17)40(5,6)7/h24,30-38H,20-23,25-28H2,1-19H3/b29-24+/t30-,31+,32+,33-,34+,35+,36+,37-,38-,42+/m1/s1. The van der Waals surface area contributed by atoms with Crippen LogP contribution in [0.1, 0.15) is 94.9 Å². The lowest BCUT2D eigenvalue weighted by molar-refractivity contribution is -0.385. The monoisotopic (exact) mass is 990 g/mol. The Morgan fingerprint density at radius 2 is 1.40 bits per heavy atom. The summed E-state index contributed by atoms with van der Waals surface area (Å²) in [5.74, 6) is -1.68. The fourth-order valence-electron chi connectivity index (χ4n) is 7.71. The third kappa shape index (κ3) is 13.3. The fraction of sp³-hybridized carbons (Fsp3) is 0.929. The van der Waals surface area contributed by atoms with Crippen molar-refractivity contribution in [3.05, 3.63) is 9.66 Å². The predicted molar refractivity (Wildman–Crippen MR) is 246 cm³/mol. The van der Waals surface area contributed by atoms with Crippen LogP contribution in [0, 0.1) is 0 Å². The van der Waals surface area contributed by atoms with Crippen molar-refractivity contribution in [2.75, 3.05) is 42.2 Å². The summed E-state index contributed by atoms with van der Waals surface area (Å²) in [7, 11) is 1.39. The van der Waals surface area contributed by atoms with E-state index in [1.165, 1.54) is 3.58 Å². The summed E-state index contributed by atoms with van der Waals surface area (Å²) in [5, 5.41) is -0.180. The van der Waals surface area contributed by atoms with Gasteiger partial charge in [-0.05, 0) is 100 Å². The molecule has 2 aliphatic heterocycles. The van der Waals surface area contributed by atoms with Gasteiger partial charge in [0.25, 0.3) is 0 Å². The van der Waals surface area contributed by atoms with Gasteiger partial charge in [0.15, 0.2) is 37.2 Å². The third-order valence-corrected chi connectivity index (χ3v) is 27.6. The number of halogens is 1. The summed E-state index contributed by atoms with van der Waals surface area (Å²) in [4.78, 5) is 13.4. The fourth-order valence-corrected chi connectivity index (χ4v) is 13.6. The van der Waals surface area contributed by atoms with E-state index in [1.807, 2.05) is 0 Å². The Morgan fingerprint density at radius 3 is 1.84 bits per heavy atom. The maximum Gasteiger partial charge on any atom is 0.509 e. The van der Waals surface area contributed by atoms with E-state index in [1.54, 1.807) is 35.5 Å². The number of cyclic esters (lactones) is 2. The Labute approximate surface area is 369 Å². The van der Waals surface area contributed by atoms with Crippen LogP contribution in [-0.4, -0.2) is 134 Å². The zero-order chi connectivity index (χ0) is 44.5. The second-order valence-electron chi connectivity index (χ2n) is 19.2. The molecule has 0 radical (unpaired) electrons. The van der Waals surface area contributed by atoms with Crippen LogP contribution in [0.15, 0.2) is 9.66 Å². The molecule has 0 saturated carbocycles. The molecule has 2 heterocycles. The molecule has 0 unspecified atom stereocenters. The molecule has 0 bridgehead atoms. The first-order valence-electron chi connectivity index (χ1n) is 21.3. The van der Waals surface area contributed by atoms with E-state index in [2.05, 4.69) is 124 Å². The highest BCUT2D eigenvalue weighted by molar-refractivity contribution is 14.1. The average Bonchev–Trinajstić information content (AvgIpc) is 3.51. The topological polar surface area (TPSA) is 119 Å². The normalized spacial score (nSPS) is 28.3. The number of ether oxygens (including phenoxy) is 8. The summed E-state index contributed by atoms with van der Waals surface area (Å²) in [6.45, 7) is 31.3. The quantitative estimate of drug-likeness (QED) is 0.0520. The Balaban J connectivity index is 2.80. The SMILES string of the molecule is CC[Si](CC)(CC)O[C@@H](COC)C[C@H]1O[C@@](OC)([C@@H]2OC(=O)O[C@H]2C[C@H](OC)[C@H](CC/C=C(\C)I)O[Si](C)(C)C(C)(C)C)[C@H](OC)[C@@H](O[Si](C)(C)C(C)(C)C)[C@H]1OC. The summed E-state index contributed by atoms with van der Waals surface area (Å²) in [5.41, 5.74) is 0. The highest BCUT2D eigenvalue weighted by Gasteiger charge is 2.67. The number of methoxy groups -OCH3 is 5. The molecule has 58 heavy (non-hydrogen) atoms. The van der Waals surface area contributed by atoms with Gasteiger partial charge in [0.2, 0.25) is 5.79 Å². The van der Waals surface area contributed by atoms with Crippen LogP contribution in [0.2, 0.25) is 54.4 Å². The molecule has 342 valence electrons. The van der Waals surface area contributed by atoms with Gasteiger partial charge in [0, 0.05) is 48.4 Å². The smallest absolute Gasteiger partial charge is 0.427 e. The summed E-state index contributed by atoms with van der Waals surface area (Å²) >= 11 is 2.33. The highest BCUT2D eigenvalue weighted by Crippen LogP contribution is 2.48. The zero-order valence-electron chi connectivity index (χ0n) is 39.7. The van der Waals surface area contributed by atoms with E-state index in [4.69, 9.17) is 51.2 Å². The van der Waals surface area contributed by atoms with Crippen LogP contribution in [0.3, 0.4) is 0 Å². The van der Waals surface area contributed by atoms with Crippen molar-refractivity contribution in [2.45, 2.75) is 210 Å². The van der Waals surface area contributed by atoms with E-state index in [0.717, 1.165) is 31.0 Å². The molecular formula is C42H83IO12Si3. The van der Waals surface area contributed by atoms with Crippen LogP contribution in [0.5, 0.6) is 0 Å². The molecule has 0 aromatic carbocycles. The van der Waals surface area contributed by atoms with Gasteiger partial charge in [-0.1, -0.05) is 68.4 Å². The Bertz CT molecular complexity index is 1270. The van der Waals surface area contributed by atoms with Crippen LogP contribution in [-0.2, 0) is 51.2 Å². The lowest BCUT2D eigenvalue weighted by atomic mass is 9.84. The van der Waals surface area contributed by atoms with Crippen molar-refractivity contribution in [3.63, 3.8) is 0 Å². The molecule has 12 nitrogen and oxygen atoms in total. The van der Waals surface area contributed by atoms with Crippen molar-refractivity contribution >= 4 is 53.7 Å². The predicted octanol–water partition coefficient (Wildman–Crippen LogP) is 10.4. The zero-order valence-corrected chi connectivity index (χ0v) is 44.9. The van der Waals surface area contributed by atoms with Gasteiger partial charge in [-0.2, -0.15) is 0 Å². The van der Waals surface area contributed by atoms with Gasteiger partial charge in [0.1, 0.15) is 18.3 Å². The molecule has 0 aromatic heterocycles. The van der Waals surface area contributed by atoms with Crippen molar-refractivity contribution in [3.8, 4) is 0 Å². The first-order chi connectivity index (χ1) is 26.8. The number of hydrogen-bond donors (Lipinski definition) is 0. The minimum Gasteiger partial charge on any atom is -0.427 e. The Kier molecular flexibility index (Phi) is 21.1. The Morgan fingerprint density at radius 1 is 0.810 bits per heavy atom. The number of rotatable bonds is 24. The van der Waals surface area contributed by atoms with E-state index in [0.29, 0.717) is 13.0 Å². The third-order valence-electron chi connectivity index (χ3n) is 13.5. The van der Waals surface area contributed by atoms with Gasteiger partial charge in [-0.3, -0.25) is 0 Å². The number of hydrogen-bond acceptors (Lipinski definition) is 12. The summed E-state index contributed by atoms with van der Waals surface area (Å²) in [6, 6.07) is 2.95. The second-order valence-corrected chi connectivity index (χ2v) is 35.1. The Hall–Kier alpha value is 0.0306. The van der Waals surface area contributed by atoms with Crippen molar-refractivity contribution in [1.82, 2.24) is 0 Å². The van der Waals surface area contributed by atoms with Crippen molar-refractivity contribution in [2.24, 2.45) is 0 Å². The van der Waals surface area contributed by atoms with E-state index in [-0.39, 0.29) is 28.7 Å². The maximum atomic E-state index is 13.4. The van der Waals surface area contributed by atoms with Gasteiger partial charge in [0.05, 0.1) is 31.0 Å². The van der Waals surface area contributed by atoms with Crippen LogP contribution in [0.25, 0.3) is 0 Å². The molecule has 2 aliphatic rings. The van der Waals surface area contributed by atoms with Gasteiger partial charge >= 0.3 is 6.16 Å². The molecular weight excluding hydrogens is 908 g/mol. The largest absolute Gasteiger partial charge is 0.509 e. The highest BCUT2D eigenvalue weighted by atomic mass is 127.